The number of rotatable bonds is 9. The Balaban J connectivity index is 3.27. The molecule has 0 bridgehead atoms. The number of unbranched alkanes of at least 4 members (excludes halogenated alkanes) is 5. The molecule has 0 fully saturated rings. The van der Waals surface area contributed by atoms with E-state index in [-0.39, 0.29) is 11.9 Å². The summed E-state index contributed by atoms with van der Waals surface area (Å²) in [6, 6.07) is 0. The van der Waals surface area contributed by atoms with Crippen LogP contribution in [0.5, 0.6) is 0 Å². The van der Waals surface area contributed by atoms with E-state index < -0.39 is 0 Å². The average molecular weight is 264 g/mol. The first-order valence-corrected chi connectivity index (χ1v) is 6.47. The van der Waals surface area contributed by atoms with E-state index in [0.717, 1.165) is 38.5 Å². The van der Waals surface area contributed by atoms with Gasteiger partial charge in [-0.1, -0.05) is 38.0 Å². The minimum absolute atomic E-state index is 0.272. The van der Waals surface area contributed by atoms with E-state index in [4.69, 9.17) is 6.42 Å². The maximum atomic E-state index is 11.1. The van der Waals surface area contributed by atoms with E-state index >= 15 is 0 Å². The summed E-state index contributed by atoms with van der Waals surface area (Å²) in [6.07, 6.45) is 15.4. The summed E-state index contributed by atoms with van der Waals surface area (Å²) >= 11 is 0. The lowest BCUT2D eigenvalue weighted by atomic mass is 10.1. The van der Waals surface area contributed by atoms with Crippen LogP contribution in [-0.4, -0.2) is 11.9 Å². The Kier molecular flexibility index (Phi) is 11.2. The zero-order valence-electron chi connectivity index (χ0n) is 11.4. The van der Waals surface area contributed by atoms with Crippen molar-refractivity contribution in [3.8, 4) is 24.6 Å². The van der Waals surface area contributed by atoms with Crippen LogP contribution >= 0.6 is 0 Å². The number of esters is 2. The SMILES string of the molecule is C#COC(=O)CCCCCCCCC(=O)OC#CC. The Morgan fingerprint density at radius 1 is 0.895 bits per heavy atom. The lowest BCUT2D eigenvalue weighted by molar-refractivity contribution is -0.137. The molecular formula is C15H20O4. The van der Waals surface area contributed by atoms with Crippen LogP contribution in [0.2, 0.25) is 0 Å². The molecule has 0 aliphatic rings. The van der Waals surface area contributed by atoms with Crippen LogP contribution < -0.4 is 0 Å². The van der Waals surface area contributed by atoms with Gasteiger partial charge in [0.2, 0.25) is 0 Å². The van der Waals surface area contributed by atoms with Crippen molar-refractivity contribution >= 4 is 11.9 Å². The molecule has 19 heavy (non-hydrogen) atoms. The first kappa shape index (κ1) is 17.1. The molecule has 0 aromatic heterocycles. The molecule has 4 heteroatoms. The number of carbonyl (C=O) groups is 2. The van der Waals surface area contributed by atoms with E-state index in [1.54, 1.807) is 6.92 Å². The summed E-state index contributed by atoms with van der Waals surface area (Å²) in [4.78, 5) is 22.0. The fourth-order valence-electron chi connectivity index (χ4n) is 1.52. The van der Waals surface area contributed by atoms with Crippen LogP contribution in [0.1, 0.15) is 58.3 Å². The van der Waals surface area contributed by atoms with Crippen molar-refractivity contribution < 1.29 is 19.1 Å². The largest absolute Gasteiger partial charge is 0.372 e. The fourth-order valence-corrected chi connectivity index (χ4v) is 1.52. The van der Waals surface area contributed by atoms with Crippen LogP contribution in [0.4, 0.5) is 0 Å². The number of hydrogen-bond acceptors (Lipinski definition) is 4. The summed E-state index contributed by atoms with van der Waals surface area (Å²) < 4.78 is 8.99. The summed E-state index contributed by atoms with van der Waals surface area (Å²) in [5.41, 5.74) is 0. The first-order valence-electron chi connectivity index (χ1n) is 6.47. The Labute approximate surface area is 114 Å². The number of ether oxygens (including phenoxy) is 2. The van der Waals surface area contributed by atoms with E-state index in [1.807, 2.05) is 6.11 Å². The molecule has 0 rings (SSSR count). The minimum Gasteiger partial charge on any atom is -0.372 e. The van der Waals surface area contributed by atoms with Gasteiger partial charge in [0.15, 0.2) is 0 Å². The smallest absolute Gasteiger partial charge is 0.319 e. The molecule has 0 saturated heterocycles. The molecule has 0 aliphatic carbocycles. The normalized spacial score (nSPS) is 8.84. The van der Waals surface area contributed by atoms with Gasteiger partial charge in [0.05, 0.1) is 0 Å². The van der Waals surface area contributed by atoms with Gasteiger partial charge >= 0.3 is 11.9 Å². The van der Waals surface area contributed by atoms with Gasteiger partial charge < -0.3 is 9.47 Å². The van der Waals surface area contributed by atoms with Gasteiger partial charge in [0.1, 0.15) is 12.2 Å². The van der Waals surface area contributed by atoms with Gasteiger partial charge in [-0.3, -0.25) is 9.59 Å². The van der Waals surface area contributed by atoms with E-state index in [1.165, 1.54) is 0 Å². The molecule has 0 spiro atoms. The number of carbonyl (C=O) groups excluding carboxylic acids is 2. The topological polar surface area (TPSA) is 52.6 Å². The second-order valence-corrected chi connectivity index (χ2v) is 4.04. The van der Waals surface area contributed by atoms with Gasteiger partial charge in [-0.15, -0.1) is 0 Å². The second kappa shape index (κ2) is 12.5. The third-order valence-electron chi connectivity index (χ3n) is 2.45. The minimum atomic E-state index is -0.345. The maximum absolute atomic E-state index is 11.1. The predicted molar refractivity (Wildman–Crippen MR) is 71.4 cm³/mol. The van der Waals surface area contributed by atoms with Crippen molar-refractivity contribution in [2.45, 2.75) is 58.3 Å². The maximum Gasteiger partial charge on any atom is 0.319 e. The van der Waals surface area contributed by atoms with Crippen molar-refractivity contribution in [1.82, 2.24) is 0 Å². The molecule has 104 valence electrons. The standard InChI is InChI=1S/C15H20O4/c1-3-13-19-15(17)12-10-8-6-5-7-9-11-14(16)18-4-2/h2H,5-12H2,1H3. The highest BCUT2D eigenvalue weighted by Crippen LogP contribution is 2.09. The second-order valence-electron chi connectivity index (χ2n) is 4.04. The Morgan fingerprint density at radius 2 is 1.37 bits per heavy atom. The number of hydrogen-bond donors (Lipinski definition) is 0. The van der Waals surface area contributed by atoms with Gasteiger partial charge in [-0.25, -0.2) is 0 Å². The molecule has 0 aromatic carbocycles. The Hall–Kier alpha value is -1.94. The van der Waals surface area contributed by atoms with Gasteiger partial charge in [0, 0.05) is 19.8 Å². The first-order chi connectivity index (χ1) is 9.20. The highest BCUT2D eigenvalue weighted by Gasteiger charge is 2.02. The number of terminal acetylenes is 1. The average Bonchev–Trinajstić information content (AvgIpc) is 2.39. The molecule has 0 unspecified atom stereocenters. The molecule has 4 nitrogen and oxygen atoms in total. The van der Waals surface area contributed by atoms with Crippen molar-refractivity contribution in [3.05, 3.63) is 0 Å². The molecule has 0 amide bonds. The molecule has 0 saturated carbocycles. The summed E-state index contributed by atoms with van der Waals surface area (Å²) in [6.45, 7) is 1.62. The monoisotopic (exact) mass is 264 g/mol. The summed E-state index contributed by atoms with van der Waals surface area (Å²) in [5, 5.41) is 0. The van der Waals surface area contributed by atoms with Crippen LogP contribution in [0, 0.1) is 24.6 Å². The quantitative estimate of drug-likeness (QED) is 0.365. The van der Waals surface area contributed by atoms with Gasteiger partial charge in [0.25, 0.3) is 0 Å². The predicted octanol–water partition coefficient (Wildman–Crippen LogP) is 2.77. The van der Waals surface area contributed by atoms with Gasteiger partial charge in [-0.05, 0) is 12.8 Å². The van der Waals surface area contributed by atoms with Gasteiger partial charge in [-0.2, -0.15) is 0 Å². The van der Waals surface area contributed by atoms with Crippen LogP contribution in [0.3, 0.4) is 0 Å². The lowest BCUT2D eigenvalue weighted by Gasteiger charge is -2.00. The third-order valence-corrected chi connectivity index (χ3v) is 2.45. The van der Waals surface area contributed by atoms with Crippen LogP contribution in [0.15, 0.2) is 0 Å². The fraction of sp³-hybridized carbons (Fsp3) is 0.600. The van der Waals surface area contributed by atoms with Crippen molar-refractivity contribution in [1.29, 1.82) is 0 Å². The van der Waals surface area contributed by atoms with Crippen LogP contribution in [-0.2, 0) is 19.1 Å². The Morgan fingerprint density at radius 3 is 1.84 bits per heavy atom. The van der Waals surface area contributed by atoms with Crippen LogP contribution in [0.25, 0.3) is 0 Å². The summed E-state index contributed by atoms with van der Waals surface area (Å²) in [7, 11) is 0. The molecule has 0 radical (unpaired) electrons. The Bertz CT molecular complexity index is 368. The molecule has 0 N–H and O–H groups in total. The molecule has 0 heterocycles. The molecule has 0 aromatic rings. The van der Waals surface area contributed by atoms with Crippen molar-refractivity contribution in [2.24, 2.45) is 0 Å². The molecule has 0 atom stereocenters. The molecular weight excluding hydrogens is 244 g/mol. The lowest BCUT2D eigenvalue weighted by Crippen LogP contribution is -1.99. The van der Waals surface area contributed by atoms with Crippen molar-refractivity contribution in [3.63, 3.8) is 0 Å². The summed E-state index contributed by atoms with van der Waals surface area (Å²) in [5.74, 6) is 1.88. The highest BCUT2D eigenvalue weighted by atomic mass is 16.5. The van der Waals surface area contributed by atoms with E-state index in [2.05, 4.69) is 21.5 Å². The van der Waals surface area contributed by atoms with E-state index in [9.17, 15) is 9.59 Å². The highest BCUT2D eigenvalue weighted by molar-refractivity contribution is 5.70. The third kappa shape index (κ3) is 12.3. The molecule has 0 aliphatic heterocycles. The van der Waals surface area contributed by atoms with Crippen molar-refractivity contribution in [2.75, 3.05) is 0 Å². The van der Waals surface area contributed by atoms with E-state index in [0.29, 0.717) is 12.8 Å². The zero-order chi connectivity index (χ0) is 14.3. The zero-order valence-corrected chi connectivity index (χ0v) is 11.4.